The third-order valence-electron chi connectivity index (χ3n) is 5.40. The van der Waals surface area contributed by atoms with Crippen molar-refractivity contribution in [1.29, 1.82) is 0 Å². The minimum atomic E-state index is -0.234. The predicted molar refractivity (Wildman–Crippen MR) is 97.5 cm³/mol. The van der Waals surface area contributed by atoms with Crippen LogP contribution in [0.15, 0.2) is 54.6 Å². The average Bonchev–Trinajstić information content (AvgIpc) is 3.05. The van der Waals surface area contributed by atoms with Crippen molar-refractivity contribution in [1.82, 2.24) is 5.32 Å². The number of amides is 2. The number of carbonyl (C=O) groups excluding carboxylic acids is 2. The quantitative estimate of drug-likeness (QED) is 0.928. The molecule has 0 atom stereocenters. The van der Waals surface area contributed by atoms with E-state index < -0.39 is 0 Å². The molecule has 1 heterocycles. The summed E-state index contributed by atoms with van der Waals surface area (Å²) in [5, 5.41) is 3.24. The molecule has 0 aromatic heterocycles. The molecule has 1 saturated heterocycles. The lowest BCUT2D eigenvalue weighted by molar-refractivity contribution is -0.117. The Balaban J connectivity index is 1.50. The van der Waals surface area contributed by atoms with E-state index in [9.17, 15) is 9.59 Å². The number of benzene rings is 2. The van der Waals surface area contributed by atoms with Crippen LogP contribution in [0, 0.1) is 0 Å². The summed E-state index contributed by atoms with van der Waals surface area (Å²) in [6.45, 7) is 0.765. The Hall–Kier alpha value is -2.62. The number of rotatable bonds is 4. The first-order valence-electron chi connectivity index (χ1n) is 8.96. The summed E-state index contributed by atoms with van der Waals surface area (Å²) in [4.78, 5) is 26.4. The molecule has 0 radical (unpaired) electrons. The summed E-state index contributed by atoms with van der Waals surface area (Å²) < 4.78 is 0. The lowest BCUT2D eigenvalue weighted by Gasteiger charge is -2.43. The van der Waals surface area contributed by atoms with Crippen molar-refractivity contribution < 1.29 is 9.59 Å². The van der Waals surface area contributed by atoms with E-state index in [2.05, 4.69) is 17.4 Å². The highest BCUT2D eigenvalue weighted by molar-refractivity contribution is 5.97. The van der Waals surface area contributed by atoms with E-state index in [1.54, 1.807) is 4.90 Å². The van der Waals surface area contributed by atoms with E-state index in [1.165, 1.54) is 5.56 Å². The molecule has 2 fully saturated rings. The normalized spacial score (nSPS) is 18.7. The Morgan fingerprint density at radius 1 is 0.960 bits per heavy atom. The summed E-state index contributed by atoms with van der Waals surface area (Å²) in [5.74, 6) is 0.109. The average molecular weight is 334 g/mol. The van der Waals surface area contributed by atoms with Gasteiger partial charge < -0.3 is 10.2 Å². The maximum Gasteiger partial charge on any atom is 0.251 e. The zero-order valence-electron chi connectivity index (χ0n) is 14.2. The molecule has 1 N–H and O–H groups in total. The fourth-order valence-corrected chi connectivity index (χ4v) is 3.78. The van der Waals surface area contributed by atoms with Gasteiger partial charge in [-0.15, -0.1) is 0 Å². The lowest BCUT2D eigenvalue weighted by atomic mass is 9.71. The number of carbonyl (C=O) groups is 2. The van der Waals surface area contributed by atoms with Gasteiger partial charge in [-0.3, -0.25) is 9.59 Å². The predicted octanol–water partition coefficient (Wildman–Crippen LogP) is 3.62. The van der Waals surface area contributed by atoms with Gasteiger partial charge in [0.2, 0.25) is 5.91 Å². The Morgan fingerprint density at radius 3 is 2.24 bits per heavy atom. The Labute approximate surface area is 147 Å². The van der Waals surface area contributed by atoms with Gasteiger partial charge in [0.1, 0.15) is 0 Å². The maximum atomic E-state index is 12.7. The largest absolute Gasteiger partial charge is 0.343 e. The molecule has 128 valence electrons. The Kier molecular flexibility index (Phi) is 4.04. The molecule has 4 heteroatoms. The number of nitrogens with zero attached hydrogens (tertiary/aromatic N) is 1. The van der Waals surface area contributed by atoms with Crippen molar-refractivity contribution in [3.63, 3.8) is 0 Å². The van der Waals surface area contributed by atoms with Crippen molar-refractivity contribution in [2.24, 2.45) is 0 Å². The van der Waals surface area contributed by atoms with E-state index in [0.29, 0.717) is 12.0 Å². The molecular weight excluding hydrogens is 312 g/mol. The van der Waals surface area contributed by atoms with Crippen LogP contribution in [0.2, 0.25) is 0 Å². The number of hydrogen-bond acceptors (Lipinski definition) is 2. The standard InChI is InChI=1S/C21H22N2O2/c24-19-8-4-15-23(19)18-11-9-16(10-12-18)20(25)22-21(13-5-14-21)17-6-2-1-3-7-17/h1-3,6-7,9-12H,4-5,8,13-15H2,(H,22,25). The van der Waals surface area contributed by atoms with E-state index in [0.717, 1.165) is 37.9 Å². The lowest BCUT2D eigenvalue weighted by Crippen LogP contribution is -2.50. The van der Waals surface area contributed by atoms with E-state index in [4.69, 9.17) is 0 Å². The molecule has 4 rings (SSSR count). The van der Waals surface area contributed by atoms with Crippen LogP contribution < -0.4 is 10.2 Å². The fraction of sp³-hybridized carbons (Fsp3) is 0.333. The molecule has 1 saturated carbocycles. The first-order valence-corrected chi connectivity index (χ1v) is 8.96. The highest BCUT2D eigenvalue weighted by Crippen LogP contribution is 2.41. The molecule has 2 aliphatic rings. The van der Waals surface area contributed by atoms with Crippen LogP contribution in [0.5, 0.6) is 0 Å². The number of anilines is 1. The molecule has 1 aliphatic heterocycles. The molecule has 1 aliphatic carbocycles. The summed E-state index contributed by atoms with van der Waals surface area (Å²) in [5.41, 5.74) is 2.45. The van der Waals surface area contributed by atoms with Crippen molar-refractivity contribution in [3.8, 4) is 0 Å². The van der Waals surface area contributed by atoms with Gasteiger partial charge in [-0.1, -0.05) is 30.3 Å². The van der Waals surface area contributed by atoms with Gasteiger partial charge in [-0.25, -0.2) is 0 Å². The van der Waals surface area contributed by atoms with E-state index in [1.807, 2.05) is 42.5 Å². The van der Waals surface area contributed by atoms with Gasteiger partial charge in [0, 0.05) is 24.2 Å². The minimum Gasteiger partial charge on any atom is -0.343 e. The van der Waals surface area contributed by atoms with E-state index in [-0.39, 0.29) is 17.4 Å². The topological polar surface area (TPSA) is 49.4 Å². The minimum absolute atomic E-state index is 0.0529. The van der Waals surface area contributed by atoms with Crippen LogP contribution in [0.4, 0.5) is 5.69 Å². The van der Waals surface area contributed by atoms with Crippen molar-refractivity contribution in [2.45, 2.75) is 37.6 Å². The molecule has 0 bridgehead atoms. The van der Waals surface area contributed by atoms with Crippen LogP contribution in [-0.4, -0.2) is 18.4 Å². The first kappa shape index (κ1) is 15.9. The van der Waals surface area contributed by atoms with Crippen LogP contribution in [0.1, 0.15) is 48.0 Å². The molecule has 2 amide bonds. The number of nitrogens with one attached hydrogen (secondary N) is 1. The second kappa shape index (κ2) is 6.36. The van der Waals surface area contributed by atoms with Crippen LogP contribution in [0.3, 0.4) is 0 Å². The molecular formula is C21H22N2O2. The fourth-order valence-electron chi connectivity index (χ4n) is 3.78. The van der Waals surface area contributed by atoms with Gasteiger partial charge in [0.25, 0.3) is 5.91 Å². The molecule has 0 spiro atoms. The third kappa shape index (κ3) is 2.93. The van der Waals surface area contributed by atoms with Gasteiger partial charge in [-0.2, -0.15) is 0 Å². The molecule has 4 nitrogen and oxygen atoms in total. The molecule has 2 aromatic carbocycles. The third-order valence-corrected chi connectivity index (χ3v) is 5.40. The zero-order chi connectivity index (χ0) is 17.3. The highest BCUT2D eigenvalue weighted by atomic mass is 16.2. The van der Waals surface area contributed by atoms with Crippen LogP contribution in [0.25, 0.3) is 0 Å². The van der Waals surface area contributed by atoms with E-state index >= 15 is 0 Å². The van der Waals surface area contributed by atoms with Gasteiger partial charge in [0.05, 0.1) is 5.54 Å². The van der Waals surface area contributed by atoms with Gasteiger partial charge in [0.15, 0.2) is 0 Å². The maximum absolute atomic E-state index is 12.7. The second-order valence-electron chi connectivity index (χ2n) is 6.95. The zero-order valence-corrected chi connectivity index (χ0v) is 14.2. The molecule has 25 heavy (non-hydrogen) atoms. The molecule has 2 aromatic rings. The summed E-state index contributed by atoms with van der Waals surface area (Å²) in [7, 11) is 0. The summed E-state index contributed by atoms with van der Waals surface area (Å²) >= 11 is 0. The summed E-state index contributed by atoms with van der Waals surface area (Å²) in [6, 6.07) is 17.6. The Morgan fingerprint density at radius 2 is 1.68 bits per heavy atom. The van der Waals surface area contributed by atoms with Gasteiger partial charge in [-0.05, 0) is 55.5 Å². The van der Waals surface area contributed by atoms with Crippen LogP contribution in [-0.2, 0) is 10.3 Å². The van der Waals surface area contributed by atoms with Crippen molar-refractivity contribution in [2.75, 3.05) is 11.4 Å². The SMILES string of the molecule is O=C(NC1(c2ccccc2)CCC1)c1ccc(N2CCCC2=O)cc1. The molecule has 0 unspecified atom stereocenters. The highest BCUT2D eigenvalue weighted by Gasteiger charge is 2.40. The van der Waals surface area contributed by atoms with Crippen LogP contribution >= 0.6 is 0 Å². The second-order valence-corrected chi connectivity index (χ2v) is 6.95. The Bertz CT molecular complexity index is 779. The van der Waals surface area contributed by atoms with Crippen molar-refractivity contribution >= 4 is 17.5 Å². The summed E-state index contributed by atoms with van der Waals surface area (Å²) in [6.07, 6.45) is 4.60. The van der Waals surface area contributed by atoms with Crippen molar-refractivity contribution in [3.05, 3.63) is 65.7 Å². The number of hydrogen-bond donors (Lipinski definition) is 1. The van der Waals surface area contributed by atoms with Gasteiger partial charge >= 0.3 is 0 Å². The monoisotopic (exact) mass is 334 g/mol. The smallest absolute Gasteiger partial charge is 0.251 e. The first-order chi connectivity index (χ1) is 12.2.